The molecule has 1 amide bonds. The van der Waals surface area contributed by atoms with Crippen LogP contribution in [0.15, 0.2) is 25.0 Å². The Hall–Kier alpha value is -2.68. The number of imidazole rings is 2. The first-order valence-corrected chi connectivity index (χ1v) is 7.43. The molecule has 3 rings (SSSR count). The predicted molar refractivity (Wildman–Crippen MR) is 85.0 cm³/mol. The molecule has 3 aromatic heterocycles. The highest BCUT2D eigenvalue weighted by atomic mass is 35.5. The molecule has 3 heterocycles. The first-order valence-electron chi connectivity index (χ1n) is 7.05. The van der Waals surface area contributed by atoms with Crippen molar-refractivity contribution in [1.29, 1.82) is 0 Å². The monoisotopic (exact) mass is 334 g/mol. The van der Waals surface area contributed by atoms with Gasteiger partial charge in [0.1, 0.15) is 5.52 Å². The van der Waals surface area contributed by atoms with Gasteiger partial charge in [0.2, 0.25) is 11.2 Å². The zero-order valence-corrected chi connectivity index (χ0v) is 12.9. The second-order valence-electron chi connectivity index (χ2n) is 4.80. The molecule has 0 radical (unpaired) electrons. The molecule has 0 aromatic carbocycles. The Balaban J connectivity index is 1.45. The van der Waals surface area contributed by atoms with Crippen molar-refractivity contribution in [2.75, 3.05) is 18.4 Å². The zero-order valence-electron chi connectivity index (χ0n) is 12.2. The molecule has 0 spiro atoms. The Kier molecular flexibility index (Phi) is 4.67. The number of amides is 1. The van der Waals surface area contributed by atoms with Crippen LogP contribution >= 0.6 is 11.6 Å². The standard InChI is InChI=1S/C13H15ClN8O/c14-13-20-11(10-12(21-13)19-7-18-10)17-6-9(23)16-2-1-4-22-5-3-15-8-22/h3,5,7-8H,1-2,4,6H2,(H,16,23)(H2,17,18,19,20,21). The van der Waals surface area contributed by atoms with E-state index in [4.69, 9.17) is 11.6 Å². The highest BCUT2D eigenvalue weighted by Gasteiger charge is 2.10. The smallest absolute Gasteiger partial charge is 0.239 e. The van der Waals surface area contributed by atoms with Gasteiger partial charge in [0.25, 0.3) is 0 Å². The van der Waals surface area contributed by atoms with Gasteiger partial charge in [-0.25, -0.2) is 9.97 Å². The molecule has 0 aliphatic carbocycles. The Labute approximate surface area is 136 Å². The number of halogens is 1. The van der Waals surface area contributed by atoms with E-state index in [1.807, 2.05) is 10.8 Å². The summed E-state index contributed by atoms with van der Waals surface area (Å²) >= 11 is 5.82. The molecule has 0 fully saturated rings. The normalized spacial score (nSPS) is 10.8. The summed E-state index contributed by atoms with van der Waals surface area (Å²) in [4.78, 5) is 30.8. The Morgan fingerprint density at radius 3 is 3.13 bits per heavy atom. The first-order chi connectivity index (χ1) is 11.2. The van der Waals surface area contributed by atoms with Gasteiger partial charge in [0, 0.05) is 25.5 Å². The summed E-state index contributed by atoms with van der Waals surface area (Å²) < 4.78 is 1.96. The van der Waals surface area contributed by atoms with Gasteiger partial charge in [-0.1, -0.05) is 0 Å². The van der Waals surface area contributed by atoms with Gasteiger partial charge in [0.05, 0.1) is 19.2 Å². The van der Waals surface area contributed by atoms with Crippen LogP contribution in [-0.4, -0.2) is 48.5 Å². The fourth-order valence-electron chi connectivity index (χ4n) is 2.07. The van der Waals surface area contributed by atoms with E-state index in [-0.39, 0.29) is 17.7 Å². The minimum Gasteiger partial charge on any atom is -0.359 e. The topological polar surface area (TPSA) is 113 Å². The molecule has 0 atom stereocenters. The number of fused-ring (bicyclic) bond motifs is 1. The minimum atomic E-state index is -0.127. The number of hydrogen-bond acceptors (Lipinski definition) is 6. The van der Waals surface area contributed by atoms with Crippen molar-refractivity contribution in [2.45, 2.75) is 13.0 Å². The Bertz CT molecular complexity index is 784. The van der Waals surface area contributed by atoms with Gasteiger partial charge in [0.15, 0.2) is 11.5 Å². The lowest BCUT2D eigenvalue weighted by Crippen LogP contribution is -2.31. The molecule has 0 saturated carbocycles. The summed E-state index contributed by atoms with van der Waals surface area (Å²) in [7, 11) is 0. The lowest BCUT2D eigenvalue weighted by atomic mass is 10.4. The third kappa shape index (κ3) is 3.95. The van der Waals surface area contributed by atoms with Crippen molar-refractivity contribution < 1.29 is 4.79 Å². The maximum absolute atomic E-state index is 11.8. The van der Waals surface area contributed by atoms with Gasteiger partial charge in [-0.2, -0.15) is 9.97 Å². The van der Waals surface area contributed by atoms with Crippen LogP contribution in [0.5, 0.6) is 0 Å². The van der Waals surface area contributed by atoms with Crippen LogP contribution in [0.4, 0.5) is 5.82 Å². The molecule has 3 N–H and O–H groups in total. The SMILES string of the molecule is O=C(CNc1nc(Cl)nc2nc[nH]c12)NCCCn1ccnc1. The molecule has 0 bridgehead atoms. The molecule has 10 heteroatoms. The number of anilines is 1. The summed E-state index contributed by atoms with van der Waals surface area (Å²) in [5.74, 6) is 0.323. The van der Waals surface area contributed by atoms with Crippen molar-refractivity contribution in [3.8, 4) is 0 Å². The number of aromatic amines is 1. The van der Waals surface area contributed by atoms with E-state index in [2.05, 4.69) is 35.6 Å². The largest absolute Gasteiger partial charge is 0.359 e. The molecule has 3 aromatic rings. The van der Waals surface area contributed by atoms with Crippen molar-refractivity contribution in [1.82, 2.24) is 34.8 Å². The molecule has 0 aliphatic heterocycles. The summed E-state index contributed by atoms with van der Waals surface area (Å²) in [5, 5.41) is 5.85. The third-order valence-corrected chi connectivity index (χ3v) is 3.32. The zero-order chi connectivity index (χ0) is 16.1. The second kappa shape index (κ2) is 7.05. The van der Waals surface area contributed by atoms with E-state index in [1.165, 1.54) is 6.33 Å². The Morgan fingerprint density at radius 2 is 2.30 bits per heavy atom. The number of carbonyl (C=O) groups is 1. The maximum Gasteiger partial charge on any atom is 0.239 e. The predicted octanol–water partition coefficient (Wildman–Crippen LogP) is 0.821. The molecule has 0 saturated heterocycles. The van der Waals surface area contributed by atoms with Crippen LogP contribution in [-0.2, 0) is 11.3 Å². The van der Waals surface area contributed by atoms with Crippen LogP contribution in [0, 0.1) is 0 Å². The van der Waals surface area contributed by atoms with Crippen LogP contribution in [0.1, 0.15) is 6.42 Å². The summed E-state index contributed by atoms with van der Waals surface area (Å²) in [6, 6.07) is 0. The number of hydrogen-bond donors (Lipinski definition) is 3. The molecule has 23 heavy (non-hydrogen) atoms. The number of rotatable bonds is 7. The van der Waals surface area contributed by atoms with Crippen molar-refractivity contribution in [3.05, 3.63) is 30.3 Å². The van der Waals surface area contributed by atoms with E-state index < -0.39 is 0 Å². The van der Waals surface area contributed by atoms with E-state index in [0.29, 0.717) is 23.5 Å². The van der Waals surface area contributed by atoms with Gasteiger partial charge >= 0.3 is 0 Å². The number of aryl methyl sites for hydroxylation is 1. The van der Waals surface area contributed by atoms with Crippen LogP contribution in [0.25, 0.3) is 11.2 Å². The van der Waals surface area contributed by atoms with E-state index in [1.54, 1.807) is 12.5 Å². The molecule has 120 valence electrons. The van der Waals surface area contributed by atoms with Crippen molar-refractivity contribution in [2.24, 2.45) is 0 Å². The molecular formula is C13H15ClN8O. The summed E-state index contributed by atoms with van der Waals surface area (Å²) in [6.07, 6.45) is 7.69. The molecule has 9 nitrogen and oxygen atoms in total. The van der Waals surface area contributed by atoms with Crippen molar-refractivity contribution in [3.63, 3.8) is 0 Å². The lowest BCUT2D eigenvalue weighted by Gasteiger charge is -2.08. The number of nitrogens with zero attached hydrogens (tertiary/aromatic N) is 5. The Morgan fingerprint density at radius 1 is 1.39 bits per heavy atom. The van der Waals surface area contributed by atoms with Gasteiger partial charge in [-0.15, -0.1) is 0 Å². The quantitative estimate of drug-likeness (QED) is 0.435. The lowest BCUT2D eigenvalue weighted by molar-refractivity contribution is -0.119. The van der Waals surface area contributed by atoms with Crippen LogP contribution < -0.4 is 10.6 Å². The summed E-state index contributed by atoms with van der Waals surface area (Å²) in [5.41, 5.74) is 1.07. The van der Waals surface area contributed by atoms with E-state index in [9.17, 15) is 4.79 Å². The average Bonchev–Trinajstić information content (AvgIpc) is 3.20. The number of aromatic nitrogens is 6. The molecule has 0 unspecified atom stereocenters. The molecular weight excluding hydrogens is 320 g/mol. The van der Waals surface area contributed by atoms with Gasteiger partial charge in [-0.05, 0) is 18.0 Å². The molecule has 0 aliphatic rings. The van der Waals surface area contributed by atoms with E-state index in [0.717, 1.165) is 13.0 Å². The first kappa shape index (κ1) is 15.2. The van der Waals surface area contributed by atoms with Crippen LogP contribution in [0.3, 0.4) is 0 Å². The highest BCUT2D eigenvalue weighted by Crippen LogP contribution is 2.17. The van der Waals surface area contributed by atoms with Crippen LogP contribution in [0.2, 0.25) is 5.28 Å². The van der Waals surface area contributed by atoms with E-state index >= 15 is 0 Å². The second-order valence-corrected chi connectivity index (χ2v) is 5.14. The fourth-order valence-corrected chi connectivity index (χ4v) is 2.23. The van der Waals surface area contributed by atoms with Gasteiger partial charge < -0.3 is 20.2 Å². The number of carbonyl (C=O) groups excluding carboxylic acids is 1. The van der Waals surface area contributed by atoms with Gasteiger partial charge in [-0.3, -0.25) is 4.79 Å². The number of nitrogens with one attached hydrogen (secondary N) is 3. The highest BCUT2D eigenvalue weighted by molar-refractivity contribution is 6.28. The third-order valence-electron chi connectivity index (χ3n) is 3.15. The minimum absolute atomic E-state index is 0.0767. The fraction of sp³-hybridized carbons (Fsp3) is 0.308. The maximum atomic E-state index is 11.8. The summed E-state index contributed by atoms with van der Waals surface area (Å²) in [6.45, 7) is 1.49. The average molecular weight is 335 g/mol. The van der Waals surface area contributed by atoms with Crippen molar-refractivity contribution >= 4 is 34.5 Å². The number of H-pyrrole nitrogens is 1.